The first-order valence-corrected chi connectivity index (χ1v) is 17.3. The number of hydrogen-bond acceptors (Lipinski definition) is 5. The van der Waals surface area contributed by atoms with E-state index in [4.69, 9.17) is 4.74 Å². The smallest absolute Gasteiger partial charge is 0.407 e. The molecule has 2 aliphatic rings. The van der Waals surface area contributed by atoms with Crippen molar-refractivity contribution in [2.75, 3.05) is 49.1 Å². The number of nitrogens with one attached hydrogen (secondary N) is 3. The first-order chi connectivity index (χ1) is 24.5. The minimum Gasteiger partial charge on any atom is -0.445 e. The lowest BCUT2D eigenvalue weighted by molar-refractivity contribution is -0.120. The summed E-state index contributed by atoms with van der Waals surface area (Å²) in [6.07, 6.45) is 2.45. The van der Waals surface area contributed by atoms with Gasteiger partial charge >= 0.3 is 12.1 Å². The van der Waals surface area contributed by atoms with Crippen LogP contribution in [0, 0.1) is 5.92 Å². The summed E-state index contributed by atoms with van der Waals surface area (Å²) in [7, 11) is 0. The highest BCUT2D eigenvalue weighted by molar-refractivity contribution is 6.00. The lowest BCUT2D eigenvalue weighted by Crippen LogP contribution is -2.58. The molecule has 10 heteroatoms. The predicted molar refractivity (Wildman–Crippen MR) is 195 cm³/mol. The number of aromatic nitrogens is 1. The third-order valence-electron chi connectivity index (χ3n) is 9.63. The van der Waals surface area contributed by atoms with Gasteiger partial charge in [-0.15, -0.1) is 0 Å². The van der Waals surface area contributed by atoms with E-state index < -0.39 is 12.1 Å². The molecule has 3 N–H and O–H groups in total. The number of ether oxygens (including phenoxy) is 1. The molecule has 1 saturated heterocycles. The first-order valence-electron chi connectivity index (χ1n) is 17.3. The second kappa shape index (κ2) is 15.2. The Morgan fingerprint density at radius 3 is 2.32 bits per heavy atom. The van der Waals surface area contributed by atoms with E-state index in [-0.39, 0.29) is 24.5 Å². The lowest BCUT2D eigenvalue weighted by Gasteiger charge is -2.38. The second-order valence-corrected chi connectivity index (χ2v) is 13.0. The van der Waals surface area contributed by atoms with Crippen molar-refractivity contribution in [1.82, 2.24) is 20.5 Å². The van der Waals surface area contributed by atoms with Gasteiger partial charge in [-0.1, -0.05) is 84.9 Å². The van der Waals surface area contributed by atoms with Gasteiger partial charge in [-0.3, -0.25) is 4.79 Å². The average molecular weight is 671 g/mol. The van der Waals surface area contributed by atoms with Crippen LogP contribution in [0.2, 0.25) is 0 Å². The number of para-hydroxylation sites is 3. The van der Waals surface area contributed by atoms with Crippen LogP contribution >= 0.6 is 0 Å². The number of aromatic amines is 1. The van der Waals surface area contributed by atoms with Crippen LogP contribution in [0.15, 0.2) is 115 Å². The molecule has 0 radical (unpaired) electrons. The summed E-state index contributed by atoms with van der Waals surface area (Å²) < 4.78 is 5.44. The zero-order valence-corrected chi connectivity index (χ0v) is 28.0. The molecule has 1 aromatic heterocycles. The van der Waals surface area contributed by atoms with Crippen LogP contribution in [0.5, 0.6) is 0 Å². The number of alkyl carbamates (subject to hydrolysis) is 1. The van der Waals surface area contributed by atoms with E-state index in [1.54, 1.807) is 9.80 Å². The molecule has 50 heavy (non-hydrogen) atoms. The number of benzene rings is 4. The van der Waals surface area contributed by atoms with E-state index in [9.17, 15) is 14.4 Å². The number of fused-ring (bicyclic) bond motifs is 2. The number of amides is 4. The van der Waals surface area contributed by atoms with Crippen LogP contribution in [0.25, 0.3) is 10.9 Å². The highest BCUT2D eigenvalue weighted by Gasteiger charge is 2.35. The Balaban J connectivity index is 1.07. The summed E-state index contributed by atoms with van der Waals surface area (Å²) >= 11 is 0. The highest BCUT2D eigenvalue weighted by atomic mass is 16.5. The molecule has 2 atom stereocenters. The van der Waals surface area contributed by atoms with E-state index in [1.807, 2.05) is 103 Å². The number of urea groups is 1. The van der Waals surface area contributed by atoms with Gasteiger partial charge in [0.25, 0.3) is 0 Å². The maximum atomic E-state index is 14.7. The van der Waals surface area contributed by atoms with Crippen LogP contribution in [-0.2, 0) is 29.0 Å². The van der Waals surface area contributed by atoms with Gasteiger partial charge in [0.05, 0.1) is 0 Å². The SMILES string of the molecule is O=C(NCC1Cc2ccccc2N(C(=O)C(Cc2c[nH]c3ccccc23)NC(=O)N2CCN(c3ccccc3)CC2)C1)OCc1ccccc1. The van der Waals surface area contributed by atoms with Crippen molar-refractivity contribution in [3.63, 3.8) is 0 Å². The Bertz CT molecular complexity index is 1920. The molecular weight excluding hydrogens is 628 g/mol. The molecule has 3 heterocycles. The summed E-state index contributed by atoms with van der Waals surface area (Å²) in [6, 6.07) is 34.5. The largest absolute Gasteiger partial charge is 0.445 e. The number of carbonyl (C=O) groups excluding carboxylic acids is 3. The third kappa shape index (κ3) is 7.59. The molecule has 2 unspecified atom stereocenters. The number of nitrogens with zero attached hydrogens (tertiary/aromatic N) is 3. The van der Waals surface area contributed by atoms with E-state index in [0.717, 1.165) is 39.0 Å². The van der Waals surface area contributed by atoms with Gasteiger partial charge in [-0.2, -0.15) is 0 Å². The Hall–Kier alpha value is -5.77. The van der Waals surface area contributed by atoms with Gasteiger partial charge in [0.1, 0.15) is 12.6 Å². The summed E-state index contributed by atoms with van der Waals surface area (Å²) in [5, 5.41) is 7.07. The fourth-order valence-electron chi connectivity index (χ4n) is 6.98. The number of carbonyl (C=O) groups is 3. The molecular formula is C40H42N6O4. The van der Waals surface area contributed by atoms with Crippen molar-refractivity contribution in [1.29, 1.82) is 0 Å². The molecule has 4 amide bonds. The van der Waals surface area contributed by atoms with E-state index in [1.165, 1.54) is 0 Å². The van der Waals surface area contributed by atoms with Crippen molar-refractivity contribution in [3.8, 4) is 0 Å². The second-order valence-electron chi connectivity index (χ2n) is 13.0. The topological polar surface area (TPSA) is 110 Å². The molecule has 7 rings (SSSR count). The van der Waals surface area contributed by atoms with Crippen molar-refractivity contribution < 1.29 is 19.1 Å². The fraction of sp³-hybridized carbons (Fsp3) is 0.275. The molecule has 0 spiro atoms. The van der Waals surface area contributed by atoms with Gasteiger partial charge in [0.2, 0.25) is 5.91 Å². The highest BCUT2D eigenvalue weighted by Crippen LogP contribution is 2.31. The molecule has 10 nitrogen and oxygen atoms in total. The monoisotopic (exact) mass is 670 g/mol. The van der Waals surface area contributed by atoms with Crippen LogP contribution in [-0.4, -0.2) is 73.2 Å². The van der Waals surface area contributed by atoms with Crippen LogP contribution in [0.1, 0.15) is 16.7 Å². The zero-order valence-electron chi connectivity index (χ0n) is 28.0. The fourth-order valence-corrected chi connectivity index (χ4v) is 6.98. The molecule has 5 aromatic rings. The summed E-state index contributed by atoms with van der Waals surface area (Å²) in [4.78, 5) is 50.3. The quantitative estimate of drug-likeness (QED) is 0.185. The third-order valence-corrected chi connectivity index (χ3v) is 9.63. The van der Waals surface area contributed by atoms with Gasteiger partial charge in [0.15, 0.2) is 0 Å². The van der Waals surface area contributed by atoms with Crippen LogP contribution in [0.3, 0.4) is 0 Å². The van der Waals surface area contributed by atoms with Gasteiger partial charge < -0.3 is 35.1 Å². The number of H-pyrrole nitrogens is 1. The molecule has 0 aliphatic carbocycles. The molecule has 4 aromatic carbocycles. The molecule has 1 fully saturated rings. The Kier molecular flexibility index (Phi) is 9.96. The Morgan fingerprint density at radius 2 is 1.52 bits per heavy atom. The lowest BCUT2D eigenvalue weighted by atomic mass is 9.91. The number of piperazine rings is 1. The number of rotatable bonds is 9. The summed E-state index contributed by atoms with van der Waals surface area (Å²) in [5.41, 5.74) is 5.83. The molecule has 0 saturated carbocycles. The van der Waals surface area contributed by atoms with Crippen molar-refractivity contribution in [3.05, 3.63) is 132 Å². The maximum Gasteiger partial charge on any atom is 0.407 e. The zero-order chi connectivity index (χ0) is 34.3. The van der Waals surface area contributed by atoms with Gasteiger partial charge in [-0.25, -0.2) is 9.59 Å². The Labute approximate surface area is 292 Å². The van der Waals surface area contributed by atoms with Crippen LogP contribution in [0.4, 0.5) is 21.0 Å². The average Bonchev–Trinajstić information content (AvgIpc) is 3.58. The van der Waals surface area contributed by atoms with E-state index in [2.05, 4.69) is 32.7 Å². The minimum atomic E-state index is -0.815. The molecule has 256 valence electrons. The van der Waals surface area contributed by atoms with E-state index in [0.29, 0.717) is 52.1 Å². The summed E-state index contributed by atoms with van der Waals surface area (Å²) in [5.74, 6) is -0.232. The molecule has 2 aliphatic heterocycles. The predicted octanol–water partition coefficient (Wildman–Crippen LogP) is 5.74. The van der Waals surface area contributed by atoms with Gasteiger partial charge in [0, 0.05) is 74.2 Å². The van der Waals surface area contributed by atoms with Crippen molar-refractivity contribution in [2.45, 2.75) is 25.5 Å². The van der Waals surface area contributed by atoms with Crippen molar-refractivity contribution in [2.24, 2.45) is 5.92 Å². The number of hydrogen-bond donors (Lipinski definition) is 3. The Morgan fingerprint density at radius 1 is 0.820 bits per heavy atom. The van der Waals surface area contributed by atoms with Gasteiger partial charge in [-0.05, 0) is 53.3 Å². The standard InChI is InChI=1S/C40H42N6O4/c47-38(46-27-30(23-31-13-7-10-18-37(31)46)25-42-40(49)50-28-29-11-3-1-4-12-29)36(24-32-26-41-35-17-9-8-16-34(32)35)43-39(48)45-21-19-44(20-22-45)33-14-5-2-6-15-33/h1-18,26,30,36,41H,19-25,27-28H2,(H,42,49)(H,43,48). The normalized spacial score (nSPS) is 16.4. The summed E-state index contributed by atoms with van der Waals surface area (Å²) in [6.45, 7) is 3.44. The number of anilines is 2. The maximum absolute atomic E-state index is 14.7. The molecule has 0 bridgehead atoms. The first kappa shape index (κ1) is 32.8. The minimum absolute atomic E-state index is 0.0476. The van der Waals surface area contributed by atoms with E-state index >= 15 is 0 Å². The van der Waals surface area contributed by atoms with Crippen LogP contribution < -0.4 is 20.4 Å². The van der Waals surface area contributed by atoms with Crippen molar-refractivity contribution >= 4 is 40.3 Å².